The van der Waals surface area contributed by atoms with E-state index in [1.807, 2.05) is 13.0 Å². The molecule has 184 valence electrons. The number of aryl methyl sites for hydroxylation is 2. The van der Waals surface area contributed by atoms with Crippen molar-refractivity contribution in [2.75, 3.05) is 6.61 Å². The highest BCUT2D eigenvalue weighted by Crippen LogP contribution is 2.44. The molecule has 0 aliphatic heterocycles. The Kier molecular flexibility index (Phi) is 10.4. The Morgan fingerprint density at radius 2 is 1.67 bits per heavy atom. The molecule has 0 unspecified atom stereocenters. The minimum absolute atomic E-state index is 0.0694. The van der Waals surface area contributed by atoms with Gasteiger partial charge >= 0.3 is 0 Å². The molecule has 0 heterocycles. The molecule has 1 nitrogen and oxygen atoms in total. The first kappa shape index (κ1) is 25.9. The summed E-state index contributed by atoms with van der Waals surface area (Å²) in [4.78, 5) is 0. The zero-order valence-corrected chi connectivity index (χ0v) is 20.5. The van der Waals surface area contributed by atoms with E-state index in [2.05, 4.69) is 13.0 Å². The first-order chi connectivity index (χ1) is 16.0. The van der Waals surface area contributed by atoms with Gasteiger partial charge in [0, 0.05) is 5.92 Å². The van der Waals surface area contributed by atoms with E-state index in [9.17, 15) is 13.2 Å². The summed E-state index contributed by atoms with van der Waals surface area (Å²) in [7, 11) is 0. The fourth-order valence-corrected chi connectivity index (χ4v) is 5.32. The normalized spacial score (nSPS) is 23.5. The van der Waals surface area contributed by atoms with Gasteiger partial charge in [-0.25, -0.2) is 13.2 Å². The average molecular weight is 463 g/mol. The number of ether oxygens (including phenoxy) is 1. The molecule has 4 heteroatoms. The van der Waals surface area contributed by atoms with E-state index in [0.717, 1.165) is 88.2 Å². The van der Waals surface area contributed by atoms with Crippen molar-refractivity contribution in [1.82, 2.24) is 0 Å². The molecular formula is C29H41F3O. The maximum atomic E-state index is 14.8. The molecule has 1 aromatic rings. The van der Waals surface area contributed by atoms with Crippen LogP contribution in [0.5, 0.6) is 0 Å². The highest BCUT2D eigenvalue weighted by molar-refractivity contribution is 5.29. The van der Waals surface area contributed by atoms with Crippen molar-refractivity contribution in [2.45, 2.75) is 97.3 Å². The van der Waals surface area contributed by atoms with Crippen LogP contribution in [-0.4, -0.2) is 6.61 Å². The number of hydrogen-bond donors (Lipinski definition) is 0. The Balaban J connectivity index is 1.44. The zero-order chi connectivity index (χ0) is 23.6. The predicted octanol–water partition coefficient (Wildman–Crippen LogP) is 9.17. The molecule has 1 aromatic carbocycles. The second-order valence-corrected chi connectivity index (χ2v) is 9.98. The predicted molar refractivity (Wildman–Crippen MR) is 130 cm³/mol. The monoisotopic (exact) mass is 462 g/mol. The second kappa shape index (κ2) is 13.2. The van der Waals surface area contributed by atoms with Crippen molar-refractivity contribution >= 4 is 0 Å². The van der Waals surface area contributed by atoms with Crippen LogP contribution in [0.1, 0.15) is 95.6 Å². The molecule has 0 radical (unpaired) electrons. The van der Waals surface area contributed by atoms with Crippen LogP contribution in [-0.2, 0) is 17.6 Å². The maximum Gasteiger partial charge on any atom is 0.196 e. The lowest BCUT2D eigenvalue weighted by molar-refractivity contribution is 0.169. The van der Waals surface area contributed by atoms with Gasteiger partial charge in [0.15, 0.2) is 11.6 Å². The Morgan fingerprint density at radius 1 is 0.909 bits per heavy atom. The van der Waals surface area contributed by atoms with E-state index in [4.69, 9.17) is 4.74 Å². The smallest absolute Gasteiger partial charge is 0.196 e. The molecular weight excluding hydrogens is 421 g/mol. The molecule has 1 saturated carbocycles. The summed E-state index contributed by atoms with van der Waals surface area (Å²) in [6, 6.07) is 5.75. The van der Waals surface area contributed by atoms with Gasteiger partial charge in [-0.05, 0) is 86.5 Å². The second-order valence-electron chi connectivity index (χ2n) is 9.98. The standard InChI is InChI=1S/C29H41F3O/c1-3-5-7-8-24-16-13-22(20-26(24)30)10-9-21-11-14-23(15-12-21)25-17-18-27(29(32)28(25)31)33-19-6-4-2/h13,16,18,20-21,23,25H,3-12,14-15,17,19H2,1-2H3/t21?,23?,25-/m0/s1. The van der Waals surface area contributed by atoms with Crippen LogP contribution in [0.2, 0.25) is 0 Å². The molecule has 1 atom stereocenters. The van der Waals surface area contributed by atoms with Gasteiger partial charge < -0.3 is 4.74 Å². The van der Waals surface area contributed by atoms with Gasteiger partial charge in [-0.3, -0.25) is 0 Å². The van der Waals surface area contributed by atoms with Gasteiger partial charge in [-0.15, -0.1) is 0 Å². The fourth-order valence-electron chi connectivity index (χ4n) is 5.32. The highest BCUT2D eigenvalue weighted by Gasteiger charge is 2.34. The third-order valence-electron chi connectivity index (χ3n) is 7.53. The molecule has 0 bridgehead atoms. The van der Waals surface area contributed by atoms with Crippen molar-refractivity contribution < 1.29 is 17.9 Å². The van der Waals surface area contributed by atoms with E-state index in [0.29, 0.717) is 18.9 Å². The van der Waals surface area contributed by atoms with Crippen LogP contribution in [0.15, 0.2) is 41.7 Å². The first-order valence-electron chi connectivity index (χ1n) is 13.2. The van der Waals surface area contributed by atoms with Gasteiger partial charge in [0.2, 0.25) is 0 Å². The lowest BCUT2D eigenvalue weighted by Gasteiger charge is -2.34. The van der Waals surface area contributed by atoms with Gasteiger partial charge in [0.05, 0.1) is 6.61 Å². The quantitative estimate of drug-likeness (QED) is 0.281. The Morgan fingerprint density at radius 3 is 2.36 bits per heavy atom. The lowest BCUT2D eigenvalue weighted by atomic mass is 9.72. The SMILES string of the molecule is CCCCCc1ccc(CCC2CCC([C@@H]3CC=C(OCCCC)C(F)=C3F)CC2)cc1F. The molecule has 0 saturated heterocycles. The van der Waals surface area contributed by atoms with Crippen molar-refractivity contribution in [3.05, 3.63) is 58.6 Å². The van der Waals surface area contributed by atoms with Crippen molar-refractivity contribution in [1.29, 1.82) is 0 Å². The third-order valence-corrected chi connectivity index (χ3v) is 7.53. The largest absolute Gasteiger partial charge is 0.491 e. The summed E-state index contributed by atoms with van der Waals surface area (Å²) >= 11 is 0. The van der Waals surface area contributed by atoms with Crippen LogP contribution in [0.3, 0.4) is 0 Å². The molecule has 2 aliphatic carbocycles. The summed E-state index contributed by atoms with van der Waals surface area (Å²) in [6.45, 7) is 4.64. The lowest BCUT2D eigenvalue weighted by Crippen LogP contribution is -2.24. The zero-order valence-electron chi connectivity index (χ0n) is 20.5. The van der Waals surface area contributed by atoms with Crippen LogP contribution in [0.25, 0.3) is 0 Å². The summed E-state index contributed by atoms with van der Waals surface area (Å²) in [6.07, 6.45) is 14.1. The number of hydrogen-bond acceptors (Lipinski definition) is 1. The molecule has 2 aliphatic rings. The molecule has 0 N–H and O–H groups in total. The van der Waals surface area contributed by atoms with Crippen LogP contribution < -0.4 is 0 Å². The summed E-state index contributed by atoms with van der Waals surface area (Å²) < 4.78 is 49.1. The number of rotatable bonds is 12. The molecule has 1 fully saturated rings. The number of halogens is 3. The van der Waals surface area contributed by atoms with Crippen LogP contribution >= 0.6 is 0 Å². The number of allylic oxidation sites excluding steroid dienone is 3. The summed E-state index contributed by atoms with van der Waals surface area (Å²) in [5, 5.41) is 0. The van der Waals surface area contributed by atoms with Crippen LogP contribution in [0.4, 0.5) is 13.2 Å². The summed E-state index contributed by atoms with van der Waals surface area (Å²) in [5.74, 6) is -0.947. The third kappa shape index (κ3) is 7.39. The molecule has 3 rings (SSSR count). The summed E-state index contributed by atoms with van der Waals surface area (Å²) in [5.41, 5.74) is 1.90. The topological polar surface area (TPSA) is 9.23 Å². The van der Waals surface area contributed by atoms with Gasteiger partial charge in [-0.2, -0.15) is 0 Å². The van der Waals surface area contributed by atoms with E-state index in [1.54, 1.807) is 12.1 Å². The maximum absolute atomic E-state index is 14.8. The minimum Gasteiger partial charge on any atom is -0.491 e. The van der Waals surface area contributed by atoms with Crippen molar-refractivity contribution in [3.63, 3.8) is 0 Å². The minimum atomic E-state index is -0.787. The van der Waals surface area contributed by atoms with E-state index in [-0.39, 0.29) is 23.4 Å². The first-order valence-corrected chi connectivity index (χ1v) is 13.2. The van der Waals surface area contributed by atoms with Crippen LogP contribution in [0, 0.1) is 23.6 Å². The fraction of sp³-hybridized carbons (Fsp3) is 0.655. The van der Waals surface area contributed by atoms with Gasteiger partial charge in [-0.1, -0.05) is 58.1 Å². The Hall–Kier alpha value is -1.71. The van der Waals surface area contributed by atoms with Gasteiger partial charge in [0.25, 0.3) is 0 Å². The number of benzene rings is 1. The Labute approximate surface area is 198 Å². The van der Waals surface area contributed by atoms with E-state index >= 15 is 0 Å². The Bertz CT molecular complexity index is 805. The van der Waals surface area contributed by atoms with E-state index in [1.165, 1.54) is 0 Å². The molecule has 0 aromatic heterocycles. The van der Waals surface area contributed by atoms with E-state index < -0.39 is 11.7 Å². The van der Waals surface area contributed by atoms with Crippen molar-refractivity contribution in [2.24, 2.45) is 17.8 Å². The molecule has 0 spiro atoms. The highest BCUT2D eigenvalue weighted by atomic mass is 19.2. The number of unbranched alkanes of at least 4 members (excludes halogenated alkanes) is 3. The van der Waals surface area contributed by atoms with Gasteiger partial charge in [0.1, 0.15) is 11.6 Å². The average Bonchev–Trinajstić information content (AvgIpc) is 2.82. The molecule has 0 amide bonds. The molecule has 33 heavy (non-hydrogen) atoms. The van der Waals surface area contributed by atoms with Crippen molar-refractivity contribution in [3.8, 4) is 0 Å².